The maximum atomic E-state index is 3.46. The fraction of sp³-hybridized carbons (Fsp3) is 0.200. The lowest BCUT2D eigenvalue weighted by molar-refractivity contribution is 0.308. The van der Waals surface area contributed by atoms with Gasteiger partial charge in [-0.15, -0.1) is 0 Å². The van der Waals surface area contributed by atoms with Crippen molar-refractivity contribution in [1.82, 2.24) is 5.01 Å². The Labute approximate surface area is 102 Å². The van der Waals surface area contributed by atoms with E-state index in [1.54, 1.807) is 0 Å². The van der Waals surface area contributed by atoms with Gasteiger partial charge in [0.05, 0.1) is 0 Å². The van der Waals surface area contributed by atoms with Crippen LogP contribution in [0.2, 0.25) is 0 Å². The summed E-state index contributed by atoms with van der Waals surface area (Å²) in [4.78, 5) is 0. The third kappa shape index (κ3) is 2.32. The molecule has 86 valence electrons. The number of nitrogens with one attached hydrogen (secondary N) is 1. The first-order valence-corrected chi connectivity index (χ1v) is 6.05. The second-order valence-corrected chi connectivity index (χ2v) is 4.42. The van der Waals surface area contributed by atoms with Gasteiger partial charge >= 0.3 is 0 Å². The quantitative estimate of drug-likeness (QED) is 0.843. The normalized spacial score (nSPS) is 15.3. The Kier molecular flexibility index (Phi) is 2.80. The Balaban J connectivity index is 1.72. The van der Waals surface area contributed by atoms with E-state index in [2.05, 4.69) is 59.0 Å². The number of fused-ring (bicyclic) bond motifs is 1. The summed E-state index contributed by atoms with van der Waals surface area (Å²) in [5, 5.41) is 2.28. The second kappa shape index (κ2) is 4.60. The van der Waals surface area contributed by atoms with Crippen molar-refractivity contribution in [3.05, 3.63) is 65.7 Å². The van der Waals surface area contributed by atoms with Crippen molar-refractivity contribution in [3.63, 3.8) is 0 Å². The SMILES string of the molecule is c1ccc(NN2CCc3ccccc3C2)cc1. The number of rotatable bonds is 2. The second-order valence-electron chi connectivity index (χ2n) is 4.42. The van der Waals surface area contributed by atoms with Gasteiger partial charge < -0.3 is 5.43 Å². The molecular formula is C15H16N2. The minimum absolute atomic E-state index is 0.977. The molecule has 0 amide bonds. The topological polar surface area (TPSA) is 15.3 Å². The highest BCUT2D eigenvalue weighted by atomic mass is 15.5. The first kappa shape index (κ1) is 10.4. The number of hydrogen-bond acceptors (Lipinski definition) is 2. The predicted octanol–water partition coefficient (Wildman–Crippen LogP) is 3.07. The van der Waals surface area contributed by atoms with Gasteiger partial charge in [0.25, 0.3) is 0 Å². The standard InChI is InChI=1S/C15H16N2/c1-2-8-15(9-3-1)16-17-11-10-13-6-4-5-7-14(13)12-17/h1-9,16H,10-12H2. The number of nitrogens with zero attached hydrogens (tertiary/aromatic N) is 1. The van der Waals surface area contributed by atoms with Crippen molar-refractivity contribution in [2.75, 3.05) is 12.0 Å². The van der Waals surface area contributed by atoms with Crippen LogP contribution in [0.25, 0.3) is 0 Å². The van der Waals surface area contributed by atoms with Crippen molar-refractivity contribution in [2.24, 2.45) is 0 Å². The van der Waals surface area contributed by atoms with Gasteiger partial charge in [0.2, 0.25) is 0 Å². The molecule has 0 bridgehead atoms. The molecule has 1 heterocycles. The molecule has 0 fully saturated rings. The predicted molar refractivity (Wildman–Crippen MR) is 70.6 cm³/mol. The van der Waals surface area contributed by atoms with Crippen LogP contribution in [0.4, 0.5) is 5.69 Å². The molecule has 0 aromatic heterocycles. The minimum atomic E-state index is 0.977. The van der Waals surface area contributed by atoms with Gasteiger partial charge in [-0.05, 0) is 29.7 Å². The van der Waals surface area contributed by atoms with Gasteiger partial charge in [0, 0.05) is 18.8 Å². The highest BCUT2D eigenvalue weighted by Crippen LogP contribution is 2.19. The van der Waals surface area contributed by atoms with Crippen LogP contribution in [0.1, 0.15) is 11.1 Å². The Morgan fingerprint density at radius 1 is 0.824 bits per heavy atom. The number of benzene rings is 2. The Morgan fingerprint density at radius 3 is 2.35 bits per heavy atom. The molecule has 1 aliphatic heterocycles. The highest BCUT2D eigenvalue weighted by Gasteiger charge is 2.14. The van der Waals surface area contributed by atoms with Gasteiger partial charge in [0.15, 0.2) is 0 Å². The fourth-order valence-corrected chi connectivity index (χ4v) is 2.29. The van der Waals surface area contributed by atoms with E-state index in [1.807, 2.05) is 6.07 Å². The molecule has 3 rings (SSSR count). The number of para-hydroxylation sites is 1. The van der Waals surface area contributed by atoms with Crippen molar-refractivity contribution in [3.8, 4) is 0 Å². The van der Waals surface area contributed by atoms with Crippen LogP contribution in [0.5, 0.6) is 0 Å². The van der Waals surface area contributed by atoms with Crippen LogP contribution < -0.4 is 5.43 Å². The van der Waals surface area contributed by atoms with Crippen LogP contribution in [0.15, 0.2) is 54.6 Å². The smallest absolute Gasteiger partial charge is 0.0490 e. The number of anilines is 1. The van der Waals surface area contributed by atoms with Crippen molar-refractivity contribution >= 4 is 5.69 Å². The highest BCUT2D eigenvalue weighted by molar-refractivity contribution is 5.42. The summed E-state index contributed by atoms with van der Waals surface area (Å²) >= 11 is 0. The van der Waals surface area contributed by atoms with E-state index >= 15 is 0 Å². The van der Waals surface area contributed by atoms with Crippen molar-refractivity contribution in [2.45, 2.75) is 13.0 Å². The number of hydrazine groups is 1. The third-order valence-corrected chi connectivity index (χ3v) is 3.19. The summed E-state index contributed by atoms with van der Waals surface area (Å²) in [5.41, 5.74) is 7.53. The summed E-state index contributed by atoms with van der Waals surface area (Å²) in [6.45, 7) is 2.04. The Hall–Kier alpha value is -1.80. The third-order valence-electron chi connectivity index (χ3n) is 3.19. The zero-order valence-corrected chi connectivity index (χ0v) is 9.76. The molecule has 0 radical (unpaired) electrons. The summed E-state index contributed by atoms with van der Waals surface area (Å²) < 4.78 is 0. The monoisotopic (exact) mass is 224 g/mol. The first-order chi connectivity index (χ1) is 8.42. The average molecular weight is 224 g/mol. The largest absolute Gasteiger partial charge is 0.319 e. The zero-order chi connectivity index (χ0) is 11.5. The van der Waals surface area contributed by atoms with Gasteiger partial charge in [0.1, 0.15) is 0 Å². The van der Waals surface area contributed by atoms with Crippen molar-refractivity contribution in [1.29, 1.82) is 0 Å². The molecule has 0 spiro atoms. The van der Waals surface area contributed by atoms with Crippen LogP contribution in [-0.2, 0) is 13.0 Å². The van der Waals surface area contributed by atoms with Gasteiger partial charge in [-0.25, -0.2) is 5.01 Å². The van der Waals surface area contributed by atoms with Crippen LogP contribution in [0.3, 0.4) is 0 Å². The summed E-state index contributed by atoms with van der Waals surface area (Å²) in [6.07, 6.45) is 1.12. The average Bonchev–Trinajstić information content (AvgIpc) is 2.40. The minimum Gasteiger partial charge on any atom is -0.319 e. The maximum Gasteiger partial charge on any atom is 0.0490 e. The van der Waals surface area contributed by atoms with Crippen LogP contribution >= 0.6 is 0 Å². The zero-order valence-electron chi connectivity index (χ0n) is 9.76. The summed E-state index contributed by atoms with van der Waals surface area (Å²) in [7, 11) is 0. The molecule has 0 atom stereocenters. The lowest BCUT2D eigenvalue weighted by Crippen LogP contribution is -2.35. The lowest BCUT2D eigenvalue weighted by atomic mass is 10.0. The van der Waals surface area contributed by atoms with E-state index in [0.717, 1.165) is 25.2 Å². The lowest BCUT2D eigenvalue weighted by Gasteiger charge is -2.29. The van der Waals surface area contributed by atoms with E-state index in [-0.39, 0.29) is 0 Å². The molecule has 2 aromatic carbocycles. The molecule has 1 N–H and O–H groups in total. The molecule has 0 saturated heterocycles. The number of hydrogen-bond donors (Lipinski definition) is 1. The van der Waals surface area contributed by atoms with Crippen molar-refractivity contribution < 1.29 is 0 Å². The molecule has 0 aliphatic carbocycles. The fourth-order valence-electron chi connectivity index (χ4n) is 2.29. The summed E-state index contributed by atoms with van der Waals surface area (Å²) in [5.74, 6) is 0. The maximum absolute atomic E-state index is 3.46. The molecule has 2 heteroatoms. The van der Waals surface area contributed by atoms with E-state index in [9.17, 15) is 0 Å². The summed E-state index contributed by atoms with van der Waals surface area (Å²) in [6, 6.07) is 19.0. The van der Waals surface area contributed by atoms with Crippen LogP contribution in [0, 0.1) is 0 Å². The molecule has 0 saturated carbocycles. The molecule has 17 heavy (non-hydrogen) atoms. The van der Waals surface area contributed by atoms with E-state index in [1.165, 1.54) is 11.1 Å². The van der Waals surface area contributed by atoms with Gasteiger partial charge in [-0.2, -0.15) is 0 Å². The Bertz CT molecular complexity index is 493. The molecular weight excluding hydrogens is 208 g/mol. The van der Waals surface area contributed by atoms with E-state index < -0.39 is 0 Å². The van der Waals surface area contributed by atoms with E-state index in [0.29, 0.717) is 0 Å². The van der Waals surface area contributed by atoms with Gasteiger partial charge in [-0.3, -0.25) is 0 Å². The van der Waals surface area contributed by atoms with E-state index in [4.69, 9.17) is 0 Å². The molecule has 2 aromatic rings. The first-order valence-electron chi connectivity index (χ1n) is 6.05. The Morgan fingerprint density at radius 2 is 1.53 bits per heavy atom. The van der Waals surface area contributed by atoms with Crippen LogP contribution in [-0.4, -0.2) is 11.6 Å². The molecule has 2 nitrogen and oxygen atoms in total. The van der Waals surface area contributed by atoms with Gasteiger partial charge in [-0.1, -0.05) is 42.5 Å². The molecule has 1 aliphatic rings. The molecule has 0 unspecified atom stereocenters.